The highest BCUT2D eigenvalue weighted by atomic mass is 16.2. The van der Waals surface area contributed by atoms with Crippen molar-refractivity contribution in [1.82, 2.24) is 10.2 Å². The van der Waals surface area contributed by atoms with Crippen molar-refractivity contribution in [2.24, 2.45) is 0 Å². The summed E-state index contributed by atoms with van der Waals surface area (Å²) >= 11 is 0. The lowest BCUT2D eigenvalue weighted by Gasteiger charge is -2.07. The Hall–Kier alpha value is -0.120. The van der Waals surface area contributed by atoms with Crippen molar-refractivity contribution in [3.05, 3.63) is 0 Å². The Morgan fingerprint density at radius 3 is 2.09 bits per heavy atom. The molecular weight excluding hydrogens is 140 g/mol. The fourth-order valence-electron chi connectivity index (χ4n) is 0.572. The summed E-state index contributed by atoms with van der Waals surface area (Å²) in [6.45, 7) is 4.24. The molecule has 0 spiro atoms. The monoisotopic (exact) mass is 162 g/mol. The second-order valence-corrected chi connectivity index (χ2v) is 2.58. The summed E-state index contributed by atoms with van der Waals surface area (Å²) < 4.78 is 0. The molecule has 70 valence electrons. The van der Waals surface area contributed by atoms with Gasteiger partial charge in [-0.1, -0.05) is 0 Å². The Kier molecular flexibility index (Phi) is 15.4. The van der Waals surface area contributed by atoms with E-state index in [1.807, 2.05) is 7.05 Å². The first-order valence-corrected chi connectivity index (χ1v) is 4.09. The van der Waals surface area contributed by atoms with E-state index in [2.05, 4.69) is 24.3 Å². The number of nitrogens with zero attached hydrogens (tertiary/aromatic N) is 1. The van der Waals surface area contributed by atoms with Crippen LogP contribution >= 0.6 is 0 Å². The second kappa shape index (κ2) is 12.5. The van der Waals surface area contributed by atoms with Crippen LogP contribution in [0.2, 0.25) is 0 Å². The van der Waals surface area contributed by atoms with Crippen LogP contribution in [0.25, 0.3) is 0 Å². The minimum absolute atomic E-state index is 0.250. The molecule has 0 aliphatic rings. The van der Waals surface area contributed by atoms with E-state index in [-0.39, 0.29) is 6.61 Å². The van der Waals surface area contributed by atoms with Crippen molar-refractivity contribution in [1.29, 1.82) is 0 Å². The maximum absolute atomic E-state index is 7.57. The second-order valence-electron chi connectivity index (χ2n) is 2.58. The normalized spacial score (nSPS) is 9.27. The zero-order chi connectivity index (χ0) is 9.11. The van der Waals surface area contributed by atoms with Crippen molar-refractivity contribution in [2.45, 2.75) is 13.3 Å². The van der Waals surface area contributed by atoms with Gasteiger partial charge >= 0.3 is 0 Å². The van der Waals surface area contributed by atoms with Crippen LogP contribution in [-0.2, 0) is 0 Å². The minimum Gasteiger partial charge on any atom is -0.397 e. The van der Waals surface area contributed by atoms with Gasteiger partial charge in [0.2, 0.25) is 0 Å². The quantitative estimate of drug-likeness (QED) is 0.578. The van der Waals surface area contributed by atoms with Gasteiger partial charge in [0, 0.05) is 6.61 Å². The van der Waals surface area contributed by atoms with Gasteiger partial charge in [-0.05, 0) is 47.6 Å². The summed E-state index contributed by atoms with van der Waals surface area (Å²) in [6.07, 6.45) is 1.24. The van der Waals surface area contributed by atoms with Gasteiger partial charge in [0.25, 0.3) is 0 Å². The molecule has 0 aromatic carbocycles. The van der Waals surface area contributed by atoms with Crippen molar-refractivity contribution < 1.29 is 5.11 Å². The lowest BCUT2D eigenvalue weighted by Crippen LogP contribution is -2.18. The summed E-state index contributed by atoms with van der Waals surface area (Å²) in [5.74, 6) is 0. The number of rotatable bonds is 4. The van der Waals surface area contributed by atoms with E-state index in [1.54, 1.807) is 6.92 Å². The molecule has 0 atom stereocenters. The van der Waals surface area contributed by atoms with E-state index in [1.165, 1.54) is 13.0 Å². The summed E-state index contributed by atoms with van der Waals surface area (Å²) in [6, 6.07) is 0. The summed E-state index contributed by atoms with van der Waals surface area (Å²) in [5.41, 5.74) is 0. The van der Waals surface area contributed by atoms with Crippen LogP contribution in [0.3, 0.4) is 0 Å². The number of aliphatic hydroxyl groups excluding tert-OH is 1. The highest BCUT2D eigenvalue weighted by Gasteiger charge is 1.85. The van der Waals surface area contributed by atoms with Gasteiger partial charge in [-0.15, -0.1) is 0 Å². The molecule has 0 radical (unpaired) electrons. The Balaban J connectivity index is 0. The van der Waals surface area contributed by atoms with E-state index < -0.39 is 0 Å². The predicted molar refractivity (Wildman–Crippen MR) is 49.9 cm³/mol. The molecule has 2 N–H and O–H groups in total. The minimum atomic E-state index is 0.250. The summed E-state index contributed by atoms with van der Waals surface area (Å²) in [7, 11) is 6.17. The molecule has 0 aromatic heterocycles. The van der Waals surface area contributed by atoms with Crippen molar-refractivity contribution >= 4 is 0 Å². The van der Waals surface area contributed by atoms with E-state index in [9.17, 15) is 0 Å². The standard InChI is InChI=1S/C6H16N2.C2H6O/c1-7-5-4-6-8(2)3;1-2-3/h7H,4-6H2,1-3H3;3H,2H2,1H3. The Morgan fingerprint density at radius 1 is 1.36 bits per heavy atom. The van der Waals surface area contributed by atoms with E-state index in [0.29, 0.717) is 0 Å². The Labute approximate surface area is 70.4 Å². The van der Waals surface area contributed by atoms with Crippen LogP contribution in [0.1, 0.15) is 13.3 Å². The molecule has 0 saturated carbocycles. The maximum atomic E-state index is 7.57. The van der Waals surface area contributed by atoms with Crippen LogP contribution in [0.15, 0.2) is 0 Å². The highest BCUT2D eigenvalue weighted by Crippen LogP contribution is 1.78. The van der Waals surface area contributed by atoms with Gasteiger partial charge in [0.1, 0.15) is 0 Å². The Bertz CT molecular complexity index is 58.1. The van der Waals surface area contributed by atoms with Crippen LogP contribution in [0.5, 0.6) is 0 Å². The lowest BCUT2D eigenvalue weighted by atomic mass is 10.4. The molecule has 0 rings (SSSR count). The van der Waals surface area contributed by atoms with Gasteiger partial charge in [0.05, 0.1) is 0 Å². The van der Waals surface area contributed by atoms with E-state index in [0.717, 1.165) is 6.54 Å². The van der Waals surface area contributed by atoms with Crippen LogP contribution in [-0.4, -0.2) is 50.8 Å². The third-order valence-corrected chi connectivity index (χ3v) is 1.03. The average molecular weight is 162 g/mol. The van der Waals surface area contributed by atoms with E-state index in [4.69, 9.17) is 5.11 Å². The molecule has 0 unspecified atom stereocenters. The first-order valence-electron chi connectivity index (χ1n) is 4.09. The molecule has 11 heavy (non-hydrogen) atoms. The van der Waals surface area contributed by atoms with Crippen LogP contribution < -0.4 is 5.32 Å². The van der Waals surface area contributed by atoms with Gasteiger partial charge in [-0.3, -0.25) is 0 Å². The first kappa shape index (κ1) is 13.5. The Morgan fingerprint density at radius 2 is 1.82 bits per heavy atom. The zero-order valence-electron chi connectivity index (χ0n) is 8.22. The number of nitrogens with one attached hydrogen (secondary N) is 1. The third-order valence-electron chi connectivity index (χ3n) is 1.03. The number of hydrogen-bond donors (Lipinski definition) is 2. The van der Waals surface area contributed by atoms with Gasteiger partial charge in [-0.2, -0.15) is 0 Å². The highest BCUT2D eigenvalue weighted by molar-refractivity contribution is 4.44. The molecule has 0 heterocycles. The zero-order valence-corrected chi connectivity index (χ0v) is 8.22. The largest absolute Gasteiger partial charge is 0.397 e. The lowest BCUT2D eigenvalue weighted by molar-refractivity contribution is 0.318. The van der Waals surface area contributed by atoms with Crippen LogP contribution in [0, 0.1) is 0 Å². The third kappa shape index (κ3) is 25.8. The average Bonchev–Trinajstić information content (AvgIpc) is 1.89. The molecule has 3 nitrogen and oxygen atoms in total. The predicted octanol–water partition coefficient (Wildman–Crippen LogP) is 0.156. The molecule has 0 bridgehead atoms. The summed E-state index contributed by atoms with van der Waals surface area (Å²) in [4.78, 5) is 2.19. The molecule has 0 amide bonds. The van der Waals surface area contributed by atoms with Crippen molar-refractivity contribution in [3.8, 4) is 0 Å². The van der Waals surface area contributed by atoms with Crippen molar-refractivity contribution in [2.75, 3.05) is 40.8 Å². The number of aliphatic hydroxyl groups is 1. The smallest absolute Gasteiger partial charge is 0.0402 e. The molecule has 0 aromatic rings. The van der Waals surface area contributed by atoms with Gasteiger partial charge in [-0.25, -0.2) is 0 Å². The fraction of sp³-hybridized carbons (Fsp3) is 1.00. The molecule has 0 aliphatic heterocycles. The van der Waals surface area contributed by atoms with Gasteiger partial charge in [0.15, 0.2) is 0 Å². The number of hydrogen-bond acceptors (Lipinski definition) is 3. The molecule has 0 aliphatic carbocycles. The molecular formula is C8H22N2O. The maximum Gasteiger partial charge on any atom is 0.0402 e. The molecule has 0 saturated heterocycles. The van der Waals surface area contributed by atoms with Crippen molar-refractivity contribution in [3.63, 3.8) is 0 Å². The SMILES string of the molecule is CCO.CNCCCN(C)C. The topological polar surface area (TPSA) is 35.5 Å². The van der Waals surface area contributed by atoms with Gasteiger partial charge < -0.3 is 15.3 Å². The first-order chi connectivity index (χ1) is 5.18. The molecule has 3 heteroatoms. The molecule has 0 fully saturated rings. The van der Waals surface area contributed by atoms with E-state index >= 15 is 0 Å². The summed E-state index contributed by atoms with van der Waals surface area (Å²) in [5, 5.41) is 10.7. The fourth-order valence-corrected chi connectivity index (χ4v) is 0.572. The van der Waals surface area contributed by atoms with Crippen LogP contribution in [0.4, 0.5) is 0 Å².